The van der Waals surface area contributed by atoms with Gasteiger partial charge in [0.25, 0.3) is 0 Å². The zero-order valence-electron chi connectivity index (χ0n) is 10.3. The van der Waals surface area contributed by atoms with Crippen LogP contribution in [0.4, 0.5) is 8.78 Å². The summed E-state index contributed by atoms with van der Waals surface area (Å²) in [7, 11) is 0. The second kappa shape index (κ2) is 7.06. The lowest BCUT2D eigenvalue weighted by atomic mass is 10.1. The predicted molar refractivity (Wildman–Crippen MR) is 64.0 cm³/mol. The van der Waals surface area contributed by atoms with Crippen molar-refractivity contribution in [3.63, 3.8) is 0 Å². The van der Waals surface area contributed by atoms with Gasteiger partial charge in [0.05, 0.1) is 13.0 Å². The largest absolute Gasteiger partial charge is 0.395 e. The lowest BCUT2D eigenvalue weighted by molar-refractivity contribution is -0.131. The Kier molecular flexibility index (Phi) is 5.71. The van der Waals surface area contributed by atoms with Gasteiger partial charge in [-0.1, -0.05) is 19.1 Å². The number of amides is 1. The molecule has 1 amide bonds. The van der Waals surface area contributed by atoms with Crippen molar-refractivity contribution in [2.75, 3.05) is 19.7 Å². The maximum Gasteiger partial charge on any atom is 0.227 e. The summed E-state index contributed by atoms with van der Waals surface area (Å²) in [4.78, 5) is 13.3. The van der Waals surface area contributed by atoms with Crippen LogP contribution in [0.3, 0.4) is 0 Å². The van der Waals surface area contributed by atoms with Crippen LogP contribution in [0, 0.1) is 11.6 Å². The molecular weight excluding hydrogens is 240 g/mol. The number of hydrogen-bond donors (Lipinski definition) is 1. The van der Waals surface area contributed by atoms with E-state index >= 15 is 0 Å². The SMILES string of the molecule is CCCN(CCO)C(=O)Cc1cccc(F)c1F. The molecule has 0 spiro atoms. The van der Waals surface area contributed by atoms with Gasteiger partial charge in [-0.3, -0.25) is 4.79 Å². The highest BCUT2D eigenvalue weighted by Gasteiger charge is 2.16. The molecule has 0 aliphatic heterocycles. The molecule has 0 aromatic heterocycles. The monoisotopic (exact) mass is 257 g/mol. The van der Waals surface area contributed by atoms with E-state index in [-0.39, 0.29) is 31.0 Å². The summed E-state index contributed by atoms with van der Waals surface area (Å²) < 4.78 is 26.4. The van der Waals surface area contributed by atoms with E-state index in [4.69, 9.17) is 5.11 Å². The fourth-order valence-electron chi connectivity index (χ4n) is 1.71. The van der Waals surface area contributed by atoms with Gasteiger partial charge >= 0.3 is 0 Å². The summed E-state index contributed by atoms with van der Waals surface area (Å²) in [5.41, 5.74) is 0.0408. The fraction of sp³-hybridized carbons (Fsp3) is 0.462. The molecule has 5 heteroatoms. The zero-order valence-corrected chi connectivity index (χ0v) is 10.3. The maximum atomic E-state index is 13.4. The highest BCUT2D eigenvalue weighted by molar-refractivity contribution is 5.78. The Morgan fingerprint density at radius 3 is 2.67 bits per heavy atom. The van der Waals surface area contributed by atoms with E-state index in [1.165, 1.54) is 17.0 Å². The number of aliphatic hydroxyl groups is 1. The molecule has 1 aromatic rings. The molecule has 18 heavy (non-hydrogen) atoms. The van der Waals surface area contributed by atoms with Gasteiger partial charge in [0.1, 0.15) is 0 Å². The normalized spacial score (nSPS) is 10.4. The smallest absolute Gasteiger partial charge is 0.227 e. The van der Waals surface area contributed by atoms with Crippen molar-refractivity contribution < 1.29 is 18.7 Å². The van der Waals surface area contributed by atoms with Gasteiger partial charge < -0.3 is 10.0 Å². The molecule has 0 atom stereocenters. The van der Waals surface area contributed by atoms with Crippen molar-refractivity contribution in [2.45, 2.75) is 19.8 Å². The lowest BCUT2D eigenvalue weighted by Crippen LogP contribution is -2.35. The molecule has 0 saturated carbocycles. The van der Waals surface area contributed by atoms with Gasteiger partial charge in [-0.25, -0.2) is 8.78 Å². The number of carbonyl (C=O) groups is 1. The van der Waals surface area contributed by atoms with Crippen molar-refractivity contribution in [1.82, 2.24) is 4.90 Å². The van der Waals surface area contributed by atoms with Crippen molar-refractivity contribution in [3.05, 3.63) is 35.4 Å². The van der Waals surface area contributed by atoms with E-state index in [0.717, 1.165) is 12.5 Å². The zero-order chi connectivity index (χ0) is 13.5. The van der Waals surface area contributed by atoms with Gasteiger partial charge in [-0.15, -0.1) is 0 Å². The van der Waals surface area contributed by atoms with Gasteiger partial charge in [0.15, 0.2) is 11.6 Å². The van der Waals surface area contributed by atoms with Crippen LogP contribution in [-0.2, 0) is 11.2 Å². The number of benzene rings is 1. The van der Waals surface area contributed by atoms with Crippen molar-refractivity contribution in [3.8, 4) is 0 Å². The minimum Gasteiger partial charge on any atom is -0.395 e. The molecule has 1 rings (SSSR count). The molecule has 3 nitrogen and oxygen atoms in total. The summed E-state index contributed by atoms with van der Waals surface area (Å²) in [5.74, 6) is -2.24. The standard InChI is InChI=1S/C13H17F2NO2/c1-2-6-16(7-8-17)12(18)9-10-4-3-5-11(14)13(10)15/h3-5,17H,2,6-9H2,1H3. The van der Waals surface area contributed by atoms with Gasteiger partial charge in [-0.05, 0) is 12.5 Å². The van der Waals surface area contributed by atoms with Gasteiger partial charge in [-0.2, -0.15) is 0 Å². The quantitative estimate of drug-likeness (QED) is 0.843. The first-order valence-electron chi connectivity index (χ1n) is 5.91. The Balaban J connectivity index is 2.75. The van der Waals surface area contributed by atoms with Crippen LogP contribution < -0.4 is 0 Å². The molecule has 1 N–H and O–H groups in total. The van der Waals surface area contributed by atoms with Crippen LogP contribution in [0.25, 0.3) is 0 Å². The first-order valence-corrected chi connectivity index (χ1v) is 5.91. The van der Waals surface area contributed by atoms with E-state index in [0.29, 0.717) is 6.54 Å². The Labute approximate surface area is 105 Å². The highest BCUT2D eigenvalue weighted by atomic mass is 19.2. The number of halogens is 2. The van der Waals surface area contributed by atoms with Crippen LogP contribution in [0.1, 0.15) is 18.9 Å². The molecule has 1 aromatic carbocycles. The molecule has 0 saturated heterocycles. The third kappa shape index (κ3) is 3.77. The summed E-state index contributed by atoms with van der Waals surface area (Å²) in [5, 5.41) is 8.85. The van der Waals surface area contributed by atoms with Gasteiger partial charge in [0.2, 0.25) is 5.91 Å². The number of nitrogens with zero attached hydrogens (tertiary/aromatic N) is 1. The first-order chi connectivity index (χ1) is 8.60. The van der Waals surface area contributed by atoms with E-state index in [9.17, 15) is 13.6 Å². The maximum absolute atomic E-state index is 13.4. The topological polar surface area (TPSA) is 40.5 Å². The number of hydrogen-bond acceptors (Lipinski definition) is 2. The van der Waals surface area contributed by atoms with E-state index < -0.39 is 11.6 Å². The van der Waals surface area contributed by atoms with Crippen LogP contribution >= 0.6 is 0 Å². The van der Waals surface area contributed by atoms with E-state index in [1.807, 2.05) is 6.92 Å². The Bertz CT molecular complexity index is 404. The summed E-state index contributed by atoms with van der Waals surface area (Å²) in [6.07, 6.45) is 0.557. The van der Waals surface area contributed by atoms with E-state index in [1.54, 1.807) is 0 Å². The second-order valence-electron chi connectivity index (χ2n) is 3.99. The Hall–Kier alpha value is -1.49. The van der Waals surface area contributed by atoms with Crippen molar-refractivity contribution >= 4 is 5.91 Å². The molecule has 0 fully saturated rings. The molecule has 0 aliphatic rings. The van der Waals surface area contributed by atoms with Crippen LogP contribution in [0.2, 0.25) is 0 Å². The molecule has 0 radical (unpaired) electrons. The Morgan fingerprint density at radius 1 is 1.33 bits per heavy atom. The molecule has 100 valence electrons. The molecule has 0 unspecified atom stereocenters. The van der Waals surface area contributed by atoms with E-state index in [2.05, 4.69) is 0 Å². The first kappa shape index (κ1) is 14.6. The molecular formula is C13H17F2NO2. The molecule has 0 bridgehead atoms. The summed E-state index contributed by atoms with van der Waals surface area (Å²) in [6.45, 7) is 2.47. The van der Waals surface area contributed by atoms with Crippen molar-refractivity contribution in [1.29, 1.82) is 0 Å². The van der Waals surface area contributed by atoms with Crippen LogP contribution in [-0.4, -0.2) is 35.6 Å². The third-order valence-corrected chi connectivity index (χ3v) is 2.59. The average Bonchev–Trinajstić information content (AvgIpc) is 2.34. The van der Waals surface area contributed by atoms with Gasteiger partial charge in [0, 0.05) is 18.7 Å². The predicted octanol–water partition coefficient (Wildman–Crippen LogP) is 1.74. The average molecular weight is 257 g/mol. The number of aliphatic hydroxyl groups excluding tert-OH is 1. The molecule has 0 heterocycles. The Morgan fingerprint density at radius 2 is 2.06 bits per heavy atom. The number of carbonyl (C=O) groups excluding carboxylic acids is 1. The fourth-order valence-corrected chi connectivity index (χ4v) is 1.71. The summed E-state index contributed by atoms with van der Waals surface area (Å²) >= 11 is 0. The minimum absolute atomic E-state index is 0.0408. The number of rotatable bonds is 6. The molecule has 0 aliphatic carbocycles. The second-order valence-corrected chi connectivity index (χ2v) is 3.99. The van der Waals surface area contributed by atoms with Crippen LogP contribution in [0.5, 0.6) is 0 Å². The minimum atomic E-state index is -0.980. The third-order valence-electron chi connectivity index (χ3n) is 2.59. The lowest BCUT2D eigenvalue weighted by Gasteiger charge is -2.21. The summed E-state index contributed by atoms with van der Waals surface area (Å²) in [6, 6.07) is 3.78. The van der Waals surface area contributed by atoms with Crippen LogP contribution in [0.15, 0.2) is 18.2 Å². The highest BCUT2D eigenvalue weighted by Crippen LogP contribution is 2.13. The van der Waals surface area contributed by atoms with Crippen molar-refractivity contribution in [2.24, 2.45) is 0 Å².